The molecule has 25 heavy (non-hydrogen) atoms. The second kappa shape index (κ2) is 8.04. The minimum Gasteiger partial charge on any atom is -0.395 e. The van der Waals surface area contributed by atoms with Crippen LogP contribution in [0.4, 0.5) is 8.78 Å². The lowest BCUT2D eigenvalue weighted by Gasteiger charge is -2.36. The molecule has 0 saturated carbocycles. The van der Waals surface area contributed by atoms with Crippen molar-refractivity contribution in [3.05, 3.63) is 59.7 Å². The van der Waals surface area contributed by atoms with Gasteiger partial charge in [-0.1, -0.05) is 30.3 Å². The molecule has 0 aromatic heterocycles. The highest BCUT2D eigenvalue weighted by molar-refractivity contribution is 5.63. The van der Waals surface area contributed by atoms with Crippen LogP contribution < -0.4 is 0 Å². The van der Waals surface area contributed by atoms with Crippen molar-refractivity contribution in [2.24, 2.45) is 0 Å². The van der Waals surface area contributed by atoms with Crippen LogP contribution in [0.15, 0.2) is 42.5 Å². The van der Waals surface area contributed by atoms with Crippen LogP contribution in [0.5, 0.6) is 0 Å². The van der Waals surface area contributed by atoms with Crippen molar-refractivity contribution in [1.29, 1.82) is 0 Å². The summed E-state index contributed by atoms with van der Waals surface area (Å²) in [5, 5.41) is 19.1. The first-order valence-corrected chi connectivity index (χ1v) is 8.64. The number of hydrogen-bond donors (Lipinski definition) is 2. The highest BCUT2D eigenvalue weighted by atomic mass is 19.1. The van der Waals surface area contributed by atoms with E-state index in [9.17, 15) is 19.0 Å². The van der Waals surface area contributed by atoms with Gasteiger partial charge in [-0.25, -0.2) is 8.78 Å². The summed E-state index contributed by atoms with van der Waals surface area (Å²) in [7, 11) is 0. The third kappa shape index (κ3) is 4.24. The molecule has 2 atom stereocenters. The number of hydrogen-bond acceptors (Lipinski definition) is 3. The maximum Gasteiger partial charge on any atom is 0.129 e. The maximum atomic E-state index is 14.4. The van der Waals surface area contributed by atoms with Gasteiger partial charge < -0.3 is 10.2 Å². The van der Waals surface area contributed by atoms with Gasteiger partial charge in [0, 0.05) is 24.7 Å². The lowest BCUT2D eigenvalue weighted by atomic mass is 9.98. The SMILES string of the molecule is OCC1CC(O)CCN1CCc1c(F)cc(-c2ccccc2)cc1F. The predicted molar refractivity (Wildman–Crippen MR) is 93.2 cm³/mol. The summed E-state index contributed by atoms with van der Waals surface area (Å²) < 4.78 is 28.9. The topological polar surface area (TPSA) is 43.7 Å². The Morgan fingerprint density at radius 2 is 1.72 bits per heavy atom. The Bertz CT molecular complexity index is 685. The van der Waals surface area contributed by atoms with Crippen molar-refractivity contribution in [2.45, 2.75) is 31.4 Å². The van der Waals surface area contributed by atoms with Gasteiger partial charge in [0.1, 0.15) is 11.6 Å². The van der Waals surface area contributed by atoms with Crippen molar-refractivity contribution in [3.63, 3.8) is 0 Å². The van der Waals surface area contributed by atoms with Gasteiger partial charge in [-0.3, -0.25) is 4.90 Å². The molecular formula is C20H23F2NO2. The van der Waals surface area contributed by atoms with Crippen LogP contribution in [-0.2, 0) is 6.42 Å². The van der Waals surface area contributed by atoms with Crippen LogP contribution >= 0.6 is 0 Å². The zero-order valence-corrected chi connectivity index (χ0v) is 14.0. The molecule has 2 aromatic carbocycles. The average Bonchev–Trinajstić information content (AvgIpc) is 2.62. The minimum atomic E-state index is -0.545. The molecule has 1 aliphatic heterocycles. The van der Waals surface area contributed by atoms with Crippen molar-refractivity contribution in [1.82, 2.24) is 4.90 Å². The number of aliphatic hydroxyl groups is 2. The van der Waals surface area contributed by atoms with E-state index in [1.54, 1.807) is 0 Å². The van der Waals surface area contributed by atoms with E-state index in [0.717, 1.165) is 5.56 Å². The lowest BCUT2D eigenvalue weighted by molar-refractivity contribution is 0.0175. The van der Waals surface area contributed by atoms with E-state index in [0.29, 0.717) is 31.5 Å². The Hall–Kier alpha value is -1.82. The van der Waals surface area contributed by atoms with Crippen LogP contribution in [0.3, 0.4) is 0 Å². The van der Waals surface area contributed by atoms with Gasteiger partial charge >= 0.3 is 0 Å². The van der Waals surface area contributed by atoms with Crippen LogP contribution in [-0.4, -0.2) is 47.0 Å². The molecule has 1 fully saturated rings. The third-order valence-corrected chi connectivity index (χ3v) is 4.92. The molecule has 1 saturated heterocycles. The molecule has 2 aromatic rings. The number of nitrogens with zero attached hydrogens (tertiary/aromatic N) is 1. The van der Waals surface area contributed by atoms with E-state index in [1.807, 2.05) is 35.2 Å². The molecule has 3 rings (SSSR count). The number of likely N-dealkylation sites (tertiary alicyclic amines) is 1. The number of aliphatic hydroxyl groups excluding tert-OH is 2. The third-order valence-electron chi connectivity index (χ3n) is 4.92. The molecule has 2 unspecified atom stereocenters. The molecule has 1 heterocycles. The van der Waals surface area contributed by atoms with Gasteiger partial charge in [0.2, 0.25) is 0 Å². The second-order valence-electron chi connectivity index (χ2n) is 6.59. The average molecular weight is 347 g/mol. The summed E-state index contributed by atoms with van der Waals surface area (Å²) in [4.78, 5) is 2.00. The van der Waals surface area contributed by atoms with Crippen molar-refractivity contribution >= 4 is 0 Å². The Balaban J connectivity index is 1.73. The van der Waals surface area contributed by atoms with Crippen molar-refractivity contribution in [3.8, 4) is 11.1 Å². The van der Waals surface area contributed by atoms with E-state index in [4.69, 9.17) is 0 Å². The Kier molecular flexibility index (Phi) is 5.78. The first-order valence-electron chi connectivity index (χ1n) is 8.64. The van der Waals surface area contributed by atoms with E-state index in [1.165, 1.54) is 12.1 Å². The van der Waals surface area contributed by atoms with Gasteiger partial charge in [0.25, 0.3) is 0 Å². The molecule has 0 amide bonds. The van der Waals surface area contributed by atoms with Crippen LogP contribution in [0.25, 0.3) is 11.1 Å². The summed E-state index contributed by atoms with van der Waals surface area (Å²) in [5.74, 6) is -1.09. The standard InChI is InChI=1S/C20H23F2NO2/c21-19-10-15(14-4-2-1-3-5-14)11-20(22)18(19)7-9-23-8-6-17(25)12-16(23)13-24/h1-5,10-11,16-17,24-25H,6-9,12-13H2. The fourth-order valence-corrected chi connectivity index (χ4v) is 3.46. The number of piperidine rings is 1. The number of halogens is 2. The van der Waals surface area contributed by atoms with Crippen molar-refractivity contribution < 1.29 is 19.0 Å². The van der Waals surface area contributed by atoms with Crippen LogP contribution in [0, 0.1) is 11.6 Å². The zero-order valence-electron chi connectivity index (χ0n) is 14.0. The first-order chi connectivity index (χ1) is 12.1. The molecule has 1 aliphatic rings. The van der Waals surface area contributed by atoms with E-state index >= 15 is 0 Å². The van der Waals surface area contributed by atoms with E-state index in [-0.39, 0.29) is 24.6 Å². The molecule has 0 spiro atoms. The summed E-state index contributed by atoms with van der Waals surface area (Å²) in [6, 6.07) is 11.8. The maximum absolute atomic E-state index is 14.4. The smallest absolute Gasteiger partial charge is 0.129 e. The number of benzene rings is 2. The minimum absolute atomic E-state index is 0.0605. The molecule has 0 bridgehead atoms. The highest BCUT2D eigenvalue weighted by Gasteiger charge is 2.27. The van der Waals surface area contributed by atoms with E-state index in [2.05, 4.69) is 0 Å². The Morgan fingerprint density at radius 1 is 1.04 bits per heavy atom. The molecule has 134 valence electrons. The van der Waals surface area contributed by atoms with E-state index < -0.39 is 17.7 Å². The summed E-state index contributed by atoms with van der Waals surface area (Å²) >= 11 is 0. The molecule has 5 heteroatoms. The first kappa shape index (κ1) is 18.0. The van der Waals surface area contributed by atoms with Gasteiger partial charge in [0.15, 0.2) is 0 Å². The lowest BCUT2D eigenvalue weighted by Crippen LogP contribution is -2.47. The molecular weight excluding hydrogens is 324 g/mol. The van der Waals surface area contributed by atoms with Gasteiger partial charge in [0.05, 0.1) is 12.7 Å². The zero-order chi connectivity index (χ0) is 17.8. The fourth-order valence-electron chi connectivity index (χ4n) is 3.46. The van der Waals surface area contributed by atoms with Gasteiger partial charge in [-0.05, 0) is 42.5 Å². The highest BCUT2D eigenvalue weighted by Crippen LogP contribution is 2.25. The van der Waals surface area contributed by atoms with Gasteiger partial charge in [-0.2, -0.15) is 0 Å². The van der Waals surface area contributed by atoms with Crippen LogP contribution in [0.2, 0.25) is 0 Å². The summed E-state index contributed by atoms with van der Waals surface area (Å²) in [6.07, 6.45) is 0.939. The Morgan fingerprint density at radius 3 is 2.36 bits per heavy atom. The molecule has 0 radical (unpaired) electrons. The molecule has 3 nitrogen and oxygen atoms in total. The second-order valence-corrected chi connectivity index (χ2v) is 6.59. The fraction of sp³-hybridized carbons (Fsp3) is 0.400. The quantitative estimate of drug-likeness (QED) is 0.874. The predicted octanol–water partition coefficient (Wildman–Crippen LogP) is 2.99. The van der Waals surface area contributed by atoms with Crippen molar-refractivity contribution in [2.75, 3.05) is 19.7 Å². The Labute approximate surface area is 146 Å². The summed E-state index contributed by atoms with van der Waals surface area (Å²) in [5.41, 5.74) is 1.37. The molecule has 0 aliphatic carbocycles. The van der Waals surface area contributed by atoms with Gasteiger partial charge in [-0.15, -0.1) is 0 Å². The summed E-state index contributed by atoms with van der Waals surface area (Å²) in [6.45, 7) is 1.02. The largest absolute Gasteiger partial charge is 0.395 e. The monoisotopic (exact) mass is 347 g/mol. The van der Waals surface area contributed by atoms with Crippen LogP contribution in [0.1, 0.15) is 18.4 Å². The molecule has 2 N–H and O–H groups in total. The number of rotatable bonds is 5. The normalized spacial score (nSPS) is 21.4.